The van der Waals surface area contributed by atoms with Gasteiger partial charge in [-0.15, -0.1) is 0 Å². The summed E-state index contributed by atoms with van der Waals surface area (Å²) in [6, 6.07) is 13.0. The van der Waals surface area contributed by atoms with Crippen molar-refractivity contribution in [2.45, 2.75) is 18.8 Å². The van der Waals surface area contributed by atoms with Gasteiger partial charge in [-0.05, 0) is 42.8 Å². The van der Waals surface area contributed by atoms with Crippen molar-refractivity contribution in [3.05, 3.63) is 76.8 Å². The van der Waals surface area contributed by atoms with E-state index in [1.807, 2.05) is 23.1 Å². The van der Waals surface area contributed by atoms with Gasteiger partial charge in [-0.1, -0.05) is 17.7 Å². The van der Waals surface area contributed by atoms with E-state index in [4.69, 9.17) is 16.3 Å². The minimum Gasteiger partial charge on any atom is -0.493 e. The van der Waals surface area contributed by atoms with Gasteiger partial charge in [-0.3, -0.25) is 14.9 Å². The summed E-state index contributed by atoms with van der Waals surface area (Å²) < 4.78 is 5.73. The van der Waals surface area contributed by atoms with Crippen LogP contribution in [0.3, 0.4) is 0 Å². The van der Waals surface area contributed by atoms with E-state index in [1.54, 1.807) is 30.6 Å². The minimum absolute atomic E-state index is 0.0290. The smallest absolute Gasteiger partial charge is 0.255 e. The highest BCUT2D eigenvalue weighted by Gasteiger charge is 2.29. The maximum absolute atomic E-state index is 12.6. The Labute approximate surface area is 168 Å². The molecule has 1 saturated heterocycles. The SMILES string of the molecule is O=C(c1cccnc1)N1CCC(c2cc(CCOc3cccc(Cl)c3)[nH]n2)C1. The van der Waals surface area contributed by atoms with Gasteiger partial charge in [0.15, 0.2) is 0 Å². The zero-order valence-corrected chi connectivity index (χ0v) is 16.1. The predicted molar refractivity (Wildman–Crippen MR) is 107 cm³/mol. The second-order valence-electron chi connectivity index (χ2n) is 6.85. The second-order valence-corrected chi connectivity index (χ2v) is 7.29. The first kappa shape index (κ1) is 18.5. The molecule has 7 heteroatoms. The molecule has 0 bridgehead atoms. The molecule has 1 aliphatic heterocycles. The second kappa shape index (κ2) is 8.44. The van der Waals surface area contributed by atoms with Crippen LogP contribution in [0.15, 0.2) is 54.9 Å². The third kappa shape index (κ3) is 4.34. The predicted octanol–water partition coefficient (Wildman–Crippen LogP) is 3.71. The molecule has 3 heterocycles. The summed E-state index contributed by atoms with van der Waals surface area (Å²) in [5.41, 5.74) is 2.65. The lowest BCUT2D eigenvalue weighted by Crippen LogP contribution is -2.28. The fourth-order valence-electron chi connectivity index (χ4n) is 3.41. The van der Waals surface area contributed by atoms with Gasteiger partial charge in [0.2, 0.25) is 0 Å². The van der Waals surface area contributed by atoms with Gasteiger partial charge in [0, 0.05) is 48.5 Å². The Morgan fingerprint density at radius 1 is 1.29 bits per heavy atom. The van der Waals surface area contributed by atoms with Gasteiger partial charge in [0.1, 0.15) is 5.75 Å². The van der Waals surface area contributed by atoms with Crippen LogP contribution in [-0.2, 0) is 6.42 Å². The number of rotatable bonds is 6. The summed E-state index contributed by atoms with van der Waals surface area (Å²) in [5.74, 6) is 1.04. The first-order valence-electron chi connectivity index (χ1n) is 9.31. The van der Waals surface area contributed by atoms with E-state index in [-0.39, 0.29) is 11.8 Å². The highest BCUT2D eigenvalue weighted by atomic mass is 35.5. The van der Waals surface area contributed by atoms with Crippen molar-refractivity contribution in [1.29, 1.82) is 0 Å². The number of pyridine rings is 1. The lowest BCUT2D eigenvalue weighted by atomic mass is 10.0. The summed E-state index contributed by atoms with van der Waals surface area (Å²) in [5, 5.41) is 8.20. The van der Waals surface area contributed by atoms with E-state index < -0.39 is 0 Å². The molecule has 4 rings (SSSR count). The van der Waals surface area contributed by atoms with E-state index >= 15 is 0 Å². The number of H-pyrrole nitrogens is 1. The van der Waals surface area contributed by atoms with Crippen molar-refractivity contribution in [3.8, 4) is 5.75 Å². The molecule has 0 saturated carbocycles. The van der Waals surface area contributed by atoms with Crippen molar-refractivity contribution in [3.63, 3.8) is 0 Å². The van der Waals surface area contributed by atoms with Gasteiger partial charge in [0.25, 0.3) is 5.91 Å². The number of halogens is 1. The number of nitrogens with zero attached hydrogens (tertiary/aromatic N) is 3. The number of aromatic nitrogens is 3. The van der Waals surface area contributed by atoms with Crippen LogP contribution in [0.5, 0.6) is 5.75 Å². The van der Waals surface area contributed by atoms with Crippen LogP contribution in [0.25, 0.3) is 0 Å². The number of ether oxygens (including phenoxy) is 1. The normalized spacial score (nSPS) is 16.3. The highest BCUT2D eigenvalue weighted by Crippen LogP contribution is 2.27. The number of carbonyl (C=O) groups is 1. The van der Waals surface area contributed by atoms with Crippen molar-refractivity contribution < 1.29 is 9.53 Å². The van der Waals surface area contributed by atoms with Crippen LogP contribution in [-0.4, -0.2) is 45.7 Å². The van der Waals surface area contributed by atoms with Gasteiger partial charge < -0.3 is 9.64 Å². The molecule has 0 spiro atoms. The number of amides is 1. The van der Waals surface area contributed by atoms with Crippen molar-refractivity contribution >= 4 is 17.5 Å². The molecule has 6 nitrogen and oxygen atoms in total. The summed E-state index contributed by atoms with van der Waals surface area (Å²) in [6.07, 6.45) is 4.92. The molecule has 0 aliphatic carbocycles. The van der Waals surface area contributed by atoms with Crippen molar-refractivity contribution in [2.24, 2.45) is 0 Å². The molecule has 1 aromatic carbocycles. The molecule has 144 valence electrons. The molecule has 2 aromatic heterocycles. The standard InChI is InChI=1S/C21H21ClN4O2/c22-17-4-1-5-19(11-17)28-10-7-18-12-20(25-24-18)16-6-9-26(14-16)21(27)15-3-2-8-23-13-15/h1-5,8,11-13,16H,6-7,9-10,14H2,(H,24,25). The number of benzene rings is 1. The molecule has 1 aliphatic rings. The topological polar surface area (TPSA) is 71.1 Å². The summed E-state index contributed by atoms with van der Waals surface area (Å²) in [6.45, 7) is 1.95. The Morgan fingerprint density at radius 2 is 2.21 bits per heavy atom. The molecule has 1 N–H and O–H groups in total. The van der Waals surface area contributed by atoms with Crippen LogP contribution in [0, 0.1) is 0 Å². The Balaban J connectivity index is 1.30. The molecule has 1 fully saturated rings. The number of hydrogen-bond acceptors (Lipinski definition) is 4. The summed E-state index contributed by atoms with van der Waals surface area (Å²) in [7, 11) is 0. The lowest BCUT2D eigenvalue weighted by Gasteiger charge is -2.15. The van der Waals surface area contributed by atoms with Crippen LogP contribution in [0.2, 0.25) is 5.02 Å². The lowest BCUT2D eigenvalue weighted by molar-refractivity contribution is 0.0790. The van der Waals surface area contributed by atoms with Crippen LogP contribution < -0.4 is 4.74 Å². The van der Waals surface area contributed by atoms with Crippen molar-refractivity contribution in [1.82, 2.24) is 20.1 Å². The highest BCUT2D eigenvalue weighted by molar-refractivity contribution is 6.30. The van der Waals surface area contributed by atoms with E-state index in [9.17, 15) is 4.79 Å². The number of carbonyl (C=O) groups excluding carboxylic acids is 1. The van der Waals surface area contributed by atoms with E-state index in [0.717, 1.165) is 36.5 Å². The van der Waals surface area contributed by atoms with E-state index in [2.05, 4.69) is 21.2 Å². The Morgan fingerprint density at radius 3 is 3.04 bits per heavy atom. The maximum Gasteiger partial charge on any atom is 0.255 e. The van der Waals surface area contributed by atoms with Crippen LogP contribution >= 0.6 is 11.6 Å². The zero-order valence-electron chi connectivity index (χ0n) is 15.3. The molecule has 0 radical (unpaired) electrons. The van der Waals surface area contributed by atoms with Crippen molar-refractivity contribution in [2.75, 3.05) is 19.7 Å². The maximum atomic E-state index is 12.6. The zero-order chi connectivity index (χ0) is 19.3. The van der Waals surface area contributed by atoms with Gasteiger partial charge in [-0.2, -0.15) is 5.10 Å². The number of likely N-dealkylation sites (tertiary alicyclic amines) is 1. The van der Waals surface area contributed by atoms with Crippen LogP contribution in [0.1, 0.15) is 34.1 Å². The third-order valence-electron chi connectivity index (χ3n) is 4.89. The fourth-order valence-corrected chi connectivity index (χ4v) is 3.59. The Kier molecular flexibility index (Phi) is 5.58. The first-order chi connectivity index (χ1) is 13.7. The average Bonchev–Trinajstić information content (AvgIpc) is 3.38. The largest absolute Gasteiger partial charge is 0.493 e. The third-order valence-corrected chi connectivity index (χ3v) is 5.12. The Bertz CT molecular complexity index is 944. The average molecular weight is 397 g/mol. The van der Waals surface area contributed by atoms with Crippen LogP contribution in [0.4, 0.5) is 0 Å². The van der Waals surface area contributed by atoms with Gasteiger partial charge in [-0.25, -0.2) is 0 Å². The minimum atomic E-state index is 0.0290. The molecule has 3 aromatic rings. The molecule has 1 amide bonds. The number of nitrogens with one attached hydrogen (secondary N) is 1. The van der Waals surface area contributed by atoms with Gasteiger partial charge in [0.05, 0.1) is 17.9 Å². The van der Waals surface area contributed by atoms with E-state index in [0.29, 0.717) is 23.7 Å². The molecular formula is C21H21ClN4O2. The number of hydrogen-bond donors (Lipinski definition) is 1. The molecule has 1 atom stereocenters. The van der Waals surface area contributed by atoms with Gasteiger partial charge >= 0.3 is 0 Å². The molecule has 1 unspecified atom stereocenters. The summed E-state index contributed by atoms with van der Waals surface area (Å²) >= 11 is 5.96. The molecule has 28 heavy (non-hydrogen) atoms. The van der Waals surface area contributed by atoms with E-state index in [1.165, 1.54) is 0 Å². The monoisotopic (exact) mass is 396 g/mol. The molecular weight excluding hydrogens is 376 g/mol. The summed E-state index contributed by atoms with van der Waals surface area (Å²) in [4.78, 5) is 18.5. The quantitative estimate of drug-likeness (QED) is 0.689. The Hall–Kier alpha value is -2.86. The first-order valence-corrected chi connectivity index (χ1v) is 9.69. The fraction of sp³-hybridized carbons (Fsp3) is 0.286. The number of aromatic amines is 1.